The molecule has 0 radical (unpaired) electrons. The molecule has 4 aromatic carbocycles. The number of nitrogens with zero attached hydrogens (tertiary/aromatic N) is 2. The largest absolute Gasteiger partial charge is 0.343 e. The summed E-state index contributed by atoms with van der Waals surface area (Å²) in [5.74, 6) is -0.319. The van der Waals surface area contributed by atoms with Gasteiger partial charge < -0.3 is 14.8 Å². The molecule has 6 rings (SSSR count). The molecule has 1 atom stereocenters. The number of nitrogens with one attached hydrogen (secondary N) is 1. The van der Waals surface area contributed by atoms with Crippen LogP contribution in [0.25, 0.3) is 10.9 Å². The molecule has 5 aromatic rings. The number of hydrogen-bond donors (Lipinski definition) is 1. The second-order valence-corrected chi connectivity index (χ2v) is 9.90. The van der Waals surface area contributed by atoms with Crippen LogP contribution in [0.2, 0.25) is 0 Å². The van der Waals surface area contributed by atoms with E-state index in [9.17, 15) is 9.59 Å². The minimum absolute atomic E-state index is 0.102. The first-order valence-electron chi connectivity index (χ1n) is 12.9. The van der Waals surface area contributed by atoms with Crippen LogP contribution in [0.4, 0.5) is 5.69 Å². The number of benzene rings is 4. The minimum atomic E-state index is -0.686. The van der Waals surface area contributed by atoms with Crippen molar-refractivity contribution in [3.8, 4) is 0 Å². The number of amides is 2. The van der Waals surface area contributed by atoms with Gasteiger partial charge in [0.2, 0.25) is 5.91 Å². The molecule has 0 fully saturated rings. The fourth-order valence-corrected chi connectivity index (χ4v) is 5.47. The Balaban J connectivity index is 1.38. The van der Waals surface area contributed by atoms with Gasteiger partial charge in [0, 0.05) is 30.1 Å². The summed E-state index contributed by atoms with van der Waals surface area (Å²) in [5, 5.41) is 4.16. The van der Waals surface area contributed by atoms with Crippen molar-refractivity contribution in [2.45, 2.75) is 32.5 Å². The Labute approximate surface area is 222 Å². The summed E-state index contributed by atoms with van der Waals surface area (Å²) in [6.45, 7) is 3.09. The summed E-state index contributed by atoms with van der Waals surface area (Å²) in [7, 11) is 0. The van der Waals surface area contributed by atoms with E-state index in [4.69, 9.17) is 0 Å². The van der Waals surface area contributed by atoms with Crippen molar-refractivity contribution < 1.29 is 9.59 Å². The Kier molecular flexibility index (Phi) is 6.26. The van der Waals surface area contributed by atoms with Gasteiger partial charge in [-0.2, -0.15) is 0 Å². The lowest BCUT2D eigenvalue weighted by Gasteiger charge is -2.27. The predicted molar refractivity (Wildman–Crippen MR) is 151 cm³/mol. The first-order valence-corrected chi connectivity index (χ1v) is 12.9. The summed E-state index contributed by atoms with van der Waals surface area (Å²) >= 11 is 0. The number of carbonyl (C=O) groups excluding carboxylic acids is 2. The Morgan fingerprint density at radius 1 is 0.737 bits per heavy atom. The fraction of sp³-hybridized carbons (Fsp3) is 0.152. The van der Waals surface area contributed by atoms with Crippen molar-refractivity contribution in [3.05, 3.63) is 137 Å². The van der Waals surface area contributed by atoms with Gasteiger partial charge in [0.15, 0.2) is 0 Å². The molecule has 0 saturated carbocycles. The second kappa shape index (κ2) is 10.0. The standard InChI is InChI=1S/C33H29N3O2/c1-23-11-10-17-28-31(23)36(21-25-14-6-3-7-15-25)33(38)29(34-32(28)37)19-26-22-35(20-24-12-4-2-5-13-24)30-18-9-8-16-27(26)30/h2-18,22,29H,19-21H2,1H3,(H,34,37)/t29-/m0/s1. The topological polar surface area (TPSA) is 54.3 Å². The quantitative estimate of drug-likeness (QED) is 0.317. The zero-order chi connectivity index (χ0) is 26.1. The summed E-state index contributed by atoms with van der Waals surface area (Å²) in [4.78, 5) is 29.4. The monoisotopic (exact) mass is 499 g/mol. The van der Waals surface area contributed by atoms with Crippen molar-refractivity contribution in [2.75, 3.05) is 4.90 Å². The maximum atomic E-state index is 14.2. The van der Waals surface area contributed by atoms with E-state index >= 15 is 0 Å². The highest BCUT2D eigenvalue weighted by molar-refractivity contribution is 6.11. The van der Waals surface area contributed by atoms with Crippen LogP contribution in [0.15, 0.2) is 109 Å². The SMILES string of the molecule is Cc1cccc2c1N(Cc1ccccc1)C(=O)[C@H](Cc1cn(Cc3ccccc3)c3ccccc13)NC2=O. The number of hydrogen-bond acceptors (Lipinski definition) is 2. The summed E-state index contributed by atoms with van der Waals surface area (Å²) in [6, 6.07) is 33.5. The van der Waals surface area contributed by atoms with Gasteiger partial charge in [-0.3, -0.25) is 9.59 Å². The van der Waals surface area contributed by atoms with Crippen LogP contribution in [0.3, 0.4) is 0 Å². The Bertz CT molecular complexity index is 1620. The number of para-hydroxylation sites is 2. The number of aryl methyl sites for hydroxylation is 1. The number of anilines is 1. The summed E-state index contributed by atoms with van der Waals surface area (Å²) < 4.78 is 2.23. The minimum Gasteiger partial charge on any atom is -0.343 e. The lowest BCUT2D eigenvalue weighted by molar-refractivity contribution is -0.120. The smallest absolute Gasteiger partial charge is 0.254 e. The van der Waals surface area contributed by atoms with Crippen LogP contribution in [-0.4, -0.2) is 22.4 Å². The van der Waals surface area contributed by atoms with Crippen LogP contribution in [-0.2, 0) is 24.3 Å². The summed E-state index contributed by atoms with van der Waals surface area (Å²) in [5.41, 5.74) is 6.50. The zero-order valence-electron chi connectivity index (χ0n) is 21.3. The van der Waals surface area contributed by atoms with E-state index in [0.29, 0.717) is 24.2 Å². The maximum Gasteiger partial charge on any atom is 0.254 e. The third kappa shape index (κ3) is 4.48. The van der Waals surface area contributed by atoms with Gasteiger partial charge in [-0.25, -0.2) is 0 Å². The molecule has 2 heterocycles. The van der Waals surface area contributed by atoms with Crippen molar-refractivity contribution >= 4 is 28.4 Å². The third-order valence-electron chi connectivity index (χ3n) is 7.30. The van der Waals surface area contributed by atoms with Crippen LogP contribution in [0, 0.1) is 6.92 Å². The molecule has 188 valence electrons. The highest BCUT2D eigenvalue weighted by Crippen LogP contribution is 2.31. The molecule has 0 saturated heterocycles. The normalized spacial score (nSPS) is 15.3. The van der Waals surface area contributed by atoms with Gasteiger partial charge in [-0.1, -0.05) is 91.0 Å². The van der Waals surface area contributed by atoms with Crippen molar-refractivity contribution in [1.29, 1.82) is 0 Å². The Morgan fingerprint density at radius 2 is 1.39 bits per heavy atom. The third-order valence-corrected chi connectivity index (χ3v) is 7.30. The second-order valence-electron chi connectivity index (χ2n) is 9.90. The van der Waals surface area contributed by atoms with Crippen LogP contribution in [0.1, 0.15) is 32.6 Å². The van der Waals surface area contributed by atoms with Crippen LogP contribution in [0.5, 0.6) is 0 Å². The molecule has 0 aliphatic carbocycles. The molecule has 2 amide bonds. The van der Waals surface area contributed by atoms with E-state index in [-0.39, 0.29) is 11.8 Å². The van der Waals surface area contributed by atoms with Gasteiger partial charge >= 0.3 is 0 Å². The van der Waals surface area contributed by atoms with Crippen molar-refractivity contribution in [1.82, 2.24) is 9.88 Å². The number of aromatic nitrogens is 1. The molecule has 5 heteroatoms. The van der Waals surface area contributed by atoms with Crippen molar-refractivity contribution in [3.63, 3.8) is 0 Å². The molecule has 1 aliphatic heterocycles. The van der Waals surface area contributed by atoms with E-state index < -0.39 is 6.04 Å². The highest BCUT2D eigenvalue weighted by Gasteiger charge is 2.35. The van der Waals surface area contributed by atoms with E-state index in [1.165, 1.54) is 5.56 Å². The average molecular weight is 500 g/mol. The number of fused-ring (bicyclic) bond motifs is 2. The van der Waals surface area contributed by atoms with E-state index in [1.807, 2.05) is 79.7 Å². The molecule has 1 aliphatic rings. The molecule has 1 N–H and O–H groups in total. The van der Waals surface area contributed by atoms with Crippen LogP contribution < -0.4 is 10.2 Å². The molecule has 0 unspecified atom stereocenters. The molecule has 38 heavy (non-hydrogen) atoms. The van der Waals surface area contributed by atoms with E-state index in [1.54, 1.807) is 11.0 Å². The lowest BCUT2D eigenvalue weighted by atomic mass is 10.0. The zero-order valence-corrected chi connectivity index (χ0v) is 21.3. The summed E-state index contributed by atoms with van der Waals surface area (Å²) in [6.07, 6.45) is 2.53. The molecule has 1 aromatic heterocycles. The van der Waals surface area contributed by atoms with E-state index in [2.05, 4.69) is 40.3 Å². The molecular formula is C33H29N3O2. The van der Waals surface area contributed by atoms with E-state index in [0.717, 1.165) is 34.1 Å². The molecule has 0 spiro atoms. The Hall–Kier alpha value is -4.64. The van der Waals surface area contributed by atoms with Gasteiger partial charge in [-0.15, -0.1) is 0 Å². The highest BCUT2D eigenvalue weighted by atomic mass is 16.2. The van der Waals surface area contributed by atoms with Crippen LogP contribution >= 0.6 is 0 Å². The van der Waals surface area contributed by atoms with Crippen molar-refractivity contribution in [2.24, 2.45) is 0 Å². The predicted octanol–water partition coefficient (Wildman–Crippen LogP) is 5.89. The fourth-order valence-electron chi connectivity index (χ4n) is 5.47. The number of rotatable bonds is 6. The molecule has 5 nitrogen and oxygen atoms in total. The van der Waals surface area contributed by atoms with Gasteiger partial charge in [-0.05, 0) is 41.3 Å². The number of carbonyl (C=O) groups is 2. The molecular weight excluding hydrogens is 470 g/mol. The molecule has 0 bridgehead atoms. The first kappa shape index (κ1) is 23.7. The van der Waals surface area contributed by atoms with Gasteiger partial charge in [0.25, 0.3) is 5.91 Å². The lowest BCUT2D eigenvalue weighted by Crippen LogP contribution is -2.47. The Morgan fingerprint density at radius 3 is 2.13 bits per heavy atom. The average Bonchev–Trinajstić information content (AvgIpc) is 3.24. The van der Waals surface area contributed by atoms with Gasteiger partial charge in [0.05, 0.1) is 17.8 Å². The van der Waals surface area contributed by atoms with Gasteiger partial charge in [0.1, 0.15) is 6.04 Å². The first-order chi connectivity index (χ1) is 18.6. The maximum absolute atomic E-state index is 14.2.